The maximum atomic E-state index is 8.86. The van der Waals surface area contributed by atoms with Crippen LogP contribution in [0.4, 0.5) is 16.5 Å². The summed E-state index contributed by atoms with van der Waals surface area (Å²) in [4.78, 5) is 4.64. The monoisotopic (exact) mass is 781 g/mol. The summed E-state index contributed by atoms with van der Waals surface area (Å²) in [5, 5.41) is 40.0. The number of nitrogens with zero attached hydrogens (tertiary/aromatic N) is 2. The number of hydrazone groups is 1. The van der Waals surface area contributed by atoms with Gasteiger partial charge >= 0.3 is 0 Å². The van der Waals surface area contributed by atoms with E-state index in [-0.39, 0.29) is 5.90 Å². The largest absolute Gasteiger partial charge is 0.438 e. The number of hydrogen-bond donors (Lipinski definition) is 7. The lowest BCUT2D eigenvalue weighted by molar-refractivity contribution is 0.308. The van der Waals surface area contributed by atoms with Gasteiger partial charge in [-0.15, -0.1) is 0 Å². The summed E-state index contributed by atoms with van der Waals surface area (Å²) in [6.45, 7) is 7.56. The van der Waals surface area contributed by atoms with Crippen LogP contribution in [0.2, 0.25) is 0 Å². The van der Waals surface area contributed by atoms with E-state index in [0.717, 1.165) is 82.5 Å². The molecule has 57 heavy (non-hydrogen) atoms. The second kappa shape index (κ2) is 20.9. The number of para-hydroxylation sites is 1. The van der Waals surface area contributed by atoms with Gasteiger partial charge in [0, 0.05) is 41.2 Å². The van der Waals surface area contributed by atoms with Crippen molar-refractivity contribution in [2.45, 2.75) is 77.0 Å². The van der Waals surface area contributed by atoms with E-state index in [1.165, 1.54) is 50.2 Å². The highest BCUT2D eigenvalue weighted by Gasteiger charge is 2.23. The van der Waals surface area contributed by atoms with Crippen LogP contribution in [0, 0.1) is 22.1 Å². The molecule has 11 heteroatoms. The molecule has 4 aromatic carbocycles. The Hall–Kier alpha value is -5.81. The number of benzene rings is 4. The molecule has 0 atom stereocenters. The highest BCUT2D eigenvalue weighted by Crippen LogP contribution is 2.38. The first kappa shape index (κ1) is 40.8. The van der Waals surface area contributed by atoms with Gasteiger partial charge < -0.3 is 20.7 Å². The molecule has 5 aromatic rings. The molecule has 6 rings (SSSR count). The van der Waals surface area contributed by atoms with Crippen molar-refractivity contribution in [2.75, 3.05) is 29.1 Å². The Labute approximate surface area is 340 Å². The maximum Gasteiger partial charge on any atom is 0.219 e. The van der Waals surface area contributed by atoms with Gasteiger partial charge in [0.05, 0.1) is 16.4 Å². The summed E-state index contributed by atoms with van der Waals surface area (Å²) in [7, 11) is 0. The fraction of sp³-hybridized carbons (Fsp3) is 0.326. The lowest BCUT2D eigenvalue weighted by Crippen LogP contribution is -2.21. The molecule has 0 saturated heterocycles. The Morgan fingerprint density at radius 1 is 0.860 bits per heavy atom. The number of ether oxygens (including phenoxy) is 1. The summed E-state index contributed by atoms with van der Waals surface area (Å²) in [6.07, 6.45) is 15.1. The minimum atomic E-state index is 0.0308. The van der Waals surface area contributed by atoms with Crippen molar-refractivity contribution in [3.63, 3.8) is 0 Å². The predicted octanol–water partition coefficient (Wildman–Crippen LogP) is 11.4. The molecule has 1 saturated carbocycles. The van der Waals surface area contributed by atoms with Crippen LogP contribution in [0.1, 0.15) is 99.3 Å². The maximum absolute atomic E-state index is 8.86. The van der Waals surface area contributed by atoms with Gasteiger partial charge in [-0.2, -0.15) is 5.10 Å². The number of aromatic nitrogens is 1. The number of rotatable bonds is 19. The predicted molar refractivity (Wildman–Crippen MR) is 241 cm³/mol. The second-order valence-corrected chi connectivity index (χ2v) is 15.7. The van der Waals surface area contributed by atoms with Crippen LogP contribution >= 0.6 is 11.3 Å². The van der Waals surface area contributed by atoms with E-state index >= 15 is 0 Å². The lowest BCUT2D eigenvalue weighted by atomic mass is 9.77. The Bertz CT molecular complexity index is 2100. The molecular weight excluding hydrogens is 727 g/mol. The van der Waals surface area contributed by atoms with Crippen molar-refractivity contribution in [3.05, 3.63) is 126 Å². The standard InChI is InChI=1S/C46H55N9OS/c1-3-11-32-14-16-33(17-15-32)36-22-27-41(37(30-36)31-52-55-46-54-40-12-7-8-13-42(40)57-46)56-45(49)35-20-25-39(26-21-35)53-44(48)34-18-23-38(24-19-34)50-28-9-5-6-10-29-51-43(47)4-2/h4,7-8,12-13,18-27,30-33,49-50H,2-3,5-6,9-11,14-17,28-29H2,1H3,(H2,47,51)(H2,48,53)(H,54,55)/b49-45?,52-31+. The molecule has 0 bridgehead atoms. The Balaban J connectivity index is 1.03. The van der Waals surface area contributed by atoms with Crippen LogP contribution in [-0.2, 0) is 0 Å². The zero-order valence-electron chi connectivity index (χ0n) is 32.9. The molecule has 0 amide bonds. The molecular formula is C46H55N9OS. The average molecular weight is 782 g/mol. The summed E-state index contributed by atoms with van der Waals surface area (Å²) in [6, 6.07) is 29.6. The number of nitrogens with one attached hydrogen (secondary N) is 7. The molecule has 0 unspecified atom stereocenters. The molecule has 0 aliphatic heterocycles. The molecule has 7 N–H and O–H groups in total. The normalized spacial score (nSPS) is 15.2. The molecule has 1 aliphatic carbocycles. The van der Waals surface area contributed by atoms with E-state index < -0.39 is 0 Å². The third-order valence-electron chi connectivity index (χ3n) is 10.5. The van der Waals surface area contributed by atoms with E-state index in [9.17, 15) is 0 Å². The molecule has 10 nitrogen and oxygen atoms in total. The average Bonchev–Trinajstić information content (AvgIpc) is 3.66. The minimum Gasteiger partial charge on any atom is -0.438 e. The van der Waals surface area contributed by atoms with Crippen LogP contribution < -0.4 is 26.1 Å². The van der Waals surface area contributed by atoms with Gasteiger partial charge in [0.15, 0.2) is 0 Å². The number of fused-ring (bicyclic) bond motifs is 1. The third-order valence-corrected chi connectivity index (χ3v) is 11.4. The van der Waals surface area contributed by atoms with Crippen LogP contribution in [0.15, 0.2) is 109 Å². The fourth-order valence-corrected chi connectivity index (χ4v) is 8.08. The zero-order valence-corrected chi connectivity index (χ0v) is 33.7. The first-order valence-electron chi connectivity index (χ1n) is 20.2. The van der Waals surface area contributed by atoms with Crippen molar-refractivity contribution in [1.29, 1.82) is 16.2 Å². The first-order valence-corrected chi connectivity index (χ1v) is 21.0. The summed E-state index contributed by atoms with van der Waals surface area (Å²) in [5.41, 5.74) is 9.31. The fourth-order valence-electron chi connectivity index (χ4n) is 7.26. The molecule has 0 spiro atoms. The van der Waals surface area contributed by atoms with E-state index in [1.807, 2.05) is 78.9 Å². The molecule has 296 valence electrons. The molecule has 0 radical (unpaired) electrons. The molecule has 1 aromatic heterocycles. The van der Waals surface area contributed by atoms with Crippen LogP contribution in [0.3, 0.4) is 0 Å². The highest BCUT2D eigenvalue weighted by atomic mass is 32.1. The molecule has 1 aliphatic rings. The lowest BCUT2D eigenvalue weighted by Gasteiger charge is -2.29. The zero-order chi connectivity index (χ0) is 39.8. The summed E-state index contributed by atoms with van der Waals surface area (Å²) < 4.78 is 7.31. The van der Waals surface area contributed by atoms with E-state index in [2.05, 4.69) is 57.1 Å². The van der Waals surface area contributed by atoms with Crippen LogP contribution in [-0.4, -0.2) is 41.9 Å². The van der Waals surface area contributed by atoms with Crippen molar-refractivity contribution in [3.8, 4) is 5.75 Å². The number of amidine groups is 2. The quantitative estimate of drug-likeness (QED) is 0.0191. The van der Waals surface area contributed by atoms with Crippen molar-refractivity contribution < 1.29 is 4.74 Å². The van der Waals surface area contributed by atoms with Gasteiger partial charge in [-0.25, -0.2) is 4.98 Å². The summed E-state index contributed by atoms with van der Waals surface area (Å²) >= 11 is 1.56. The van der Waals surface area contributed by atoms with Crippen molar-refractivity contribution in [1.82, 2.24) is 10.3 Å². The second-order valence-electron chi connectivity index (χ2n) is 14.6. The molecule has 1 fully saturated rings. The van der Waals surface area contributed by atoms with Crippen LogP contribution in [0.25, 0.3) is 10.2 Å². The van der Waals surface area contributed by atoms with E-state index in [0.29, 0.717) is 28.9 Å². The SMILES string of the molecule is C=CC(=N)NCCCCCCNc1ccc(C(=N)Nc2ccc(C(=N)Oc3ccc(C4CCC(CCC)CC4)cc3/C=N/Nc3nc4ccccc4s3)cc2)cc1. The number of thiazole rings is 1. The van der Waals surface area contributed by atoms with E-state index in [1.54, 1.807) is 17.6 Å². The van der Waals surface area contributed by atoms with Crippen molar-refractivity contribution in [2.24, 2.45) is 11.0 Å². The molecule has 1 heterocycles. The Morgan fingerprint density at radius 3 is 2.32 bits per heavy atom. The number of anilines is 3. The van der Waals surface area contributed by atoms with Gasteiger partial charge in [0.2, 0.25) is 11.0 Å². The first-order chi connectivity index (χ1) is 27.9. The Morgan fingerprint density at radius 2 is 1.58 bits per heavy atom. The minimum absolute atomic E-state index is 0.0308. The number of hydrogen-bond acceptors (Lipinski definition) is 9. The van der Waals surface area contributed by atoms with Gasteiger partial charge in [0.25, 0.3) is 0 Å². The highest BCUT2D eigenvalue weighted by molar-refractivity contribution is 7.22. The third kappa shape index (κ3) is 12.1. The number of unbranched alkanes of at least 4 members (excludes halogenated alkanes) is 3. The van der Waals surface area contributed by atoms with E-state index in [4.69, 9.17) is 21.0 Å². The van der Waals surface area contributed by atoms with Gasteiger partial charge in [-0.1, -0.05) is 68.7 Å². The smallest absolute Gasteiger partial charge is 0.219 e. The topological polar surface area (TPSA) is 154 Å². The van der Waals surface area contributed by atoms with Crippen LogP contribution in [0.5, 0.6) is 5.75 Å². The van der Waals surface area contributed by atoms with Gasteiger partial charge in [-0.3, -0.25) is 21.7 Å². The summed E-state index contributed by atoms with van der Waals surface area (Å²) in [5.74, 6) is 2.60. The Kier molecular flexibility index (Phi) is 15.0. The van der Waals surface area contributed by atoms with Crippen molar-refractivity contribution >= 4 is 61.8 Å². The van der Waals surface area contributed by atoms with Gasteiger partial charge in [0.1, 0.15) is 17.4 Å². The van der Waals surface area contributed by atoms with Gasteiger partial charge in [-0.05, 0) is 135 Å².